The molecule has 9 heteroatoms. The molecule has 0 amide bonds. The van der Waals surface area contributed by atoms with Gasteiger partial charge in [0.15, 0.2) is 5.82 Å². The van der Waals surface area contributed by atoms with Crippen molar-refractivity contribution in [2.75, 3.05) is 13.1 Å². The zero-order valence-corrected chi connectivity index (χ0v) is 20.3. The Labute approximate surface area is 205 Å². The third-order valence-electron chi connectivity index (χ3n) is 6.73. The monoisotopic (exact) mass is 486 g/mol. The number of allylic oxidation sites excluding steroid dienone is 1. The van der Waals surface area contributed by atoms with Crippen LogP contribution in [-0.4, -0.2) is 51.3 Å². The number of aryl methyl sites for hydroxylation is 1. The second-order valence-electron chi connectivity index (χ2n) is 8.97. The number of hydrogen-bond acceptors (Lipinski definition) is 6. The minimum atomic E-state index is -3.59. The van der Waals surface area contributed by atoms with Crippen LogP contribution in [0, 0.1) is 6.92 Å². The van der Waals surface area contributed by atoms with Crippen LogP contribution in [0.4, 0.5) is 5.82 Å². The van der Waals surface area contributed by atoms with Crippen molar-refractivity contribution in [1.82, 2.24) is 24.0 Å². The Bertz CT molecular complexity index is 1450. The zero-order valence-electron chi connectivity index (χ0n) is 19.4. The average molecular weight is 487 g/mol. The second kappa shape index (κ2) is 8.58. The molecule has 0 radical (unpaired) electrons. The Morgan fingerprint density at radius 1 is 0.971 bits per heavy atom. The van der Waals surface area contributed by atoms with Crippen molar-refractivity contribution in [2.45, 2.75) is 32.2 Å². The molecule has 1 fully saturated rings. The summed E-state index contributed by atoms with van der Waals surface area (Å²) in [6, 6.07) is 13.5. The van der Waals surface area contributed by atoms with Gasteiger partial charge in [0.2, 0.25) is 10.0 Å². The van der Waals surface area contributed by atoms with E-state index >= 15 is 0 Å². The lowest BCUT2D eigenvalue weighted by molar-refractivity contribution is 0.349. The normalized spacial score (nSPS) is 20.1. The number of piperidine rings is 1. The van der Waals surface area contributed by atoms with Crippen molar-refractivity contribution in [3.05, 3.63) is 94.9 Å². The number of aliphatic imine (C=N–C) groups is 1. The molecule has 35 heavy (non-hydrogen) atoms. The maximum Gasteiger partial charge on any atom is 0.244 e. The number of aromatic nitrogens is 3. The van der Waals surface area contributed by atoms with Crippen LogP contribution in [-0.2, 0) is 10.0 Å². The van der Waals surface area contributed by atoms with E-state index in [1.165, 1.54) is 0 Å². The fourth-order valence-corrected chi connectivity index (χ4v) is 6.54. The number of sulfonamides is 1. The van der Waals surface area contributed by atoms with Crippen LogP contribution in [0.2, 0.25) is 0 Å². The molecule has 0 N–H and O–H groups in total. The van der Waals surface area contributed by atoms with Crippen LogP contribution >= 0.6 is 0 Å². The number of benzene rings is 1. The summed E-state index contributed by atoms with van der Waals surface area (Å²) in [5.41, 5.74) is 3.64. The highest BCUT2D eigenvalue weighted by Crippen LogP contribution is 2.43. The van der Waals surface area contributed by atoms with Crippen LogP contribution in [0.1, 0.15) is 42.1 Å². The standard InChI is InChI=1S/C26H26N6O2S/c1-19-24-25(20-9-8-14-27-17-20)31-18-22(35(33,34)30-15-6-3-7-16-30)12-13-23(31)28-26(24)32(29-19)21-10-4-2-5-11-21/h2,4-5,8-14,17-18,25H,3,6-7,15-16H2,1H3/t25-/m0/s1. The van der Waals surface area contributed by atoms with Crippen molar-refractivity contribution in [2.24, 2.45) is 4.99 Å². The highest BCUT2D eigenvalue weighted by atomic mass is 32.2. The van der Waals surface area contributed by atoms with E-state index in [-0.39, 0.29) is 10.9 Å². The summed E-state index contributed by atoms with van der Waals surface area (Å²) in [4.78, 5) is 11.5. The largest absolute Gasteiger partial charge is 0.320 e. The highest BCUT2D eigenvalue weighted by molar-refractivity contribution is 7.93. The smallest absolute Gasteiger partial charge is 0.244 e. The van der Waals surface area contributed by atoms with Crippen molar-refractivity contribution >= 4 is 21.7 Å². The Balaban J connectivity index is 1.51. The van der Waals surface area contributed by atoms with Gasteiger partial charge in [0.1, 0.15) is 5.84 Å². The number of rotatable bonds is 4. The fraction of sp³-hybridized carbons (Fsp3) is 0.269. The molecule has 1 aromatic carbocycles. The molecule has 0 unspecified atom stereocenters. The Hall–Kier alpha value is -3.56. The van der Waals surface area contributed by atoms with Gasteiger partial charge in [-0.3, -0.25) is 4.98 Å². The molecule has 8 nitrogen and oxygen atoms in total. The number of para-hydroxylation sites is 1. The summed E-state index contributed by atoms with van der Waals surface area (Å²) in [5.74, 6) is 1.41. The molecule has 1 saturated heterocycles. The molecule has 0 aliphatic carbocycles. The second-order valence-corrected chi connectivity index (χ2v) is 10.9. The van der Waals surface area contributed by atoms with Gasteiger partial charge in [-0.2, -0.15) is 9.40 Å². The van der Waals surface area contributed by atoms with E-state index in [1.54, 1.807) is 28.9 Å². The van der Waals surface area contributed by atoms with Gasteiger partial charge in [0, 0.05) is 37.2 Å². The maximum atomic E-state index is 13.5. The van der Waals surface area contributed by atoms with Gasteiger partial charge < -0.3 is 4.90 Å². The molecule has 0 spiro atoms. The van der Waals surface area contributed by atoms with Gasteiger partial charge in [-0.15, -0.1) is 0 Å². The number of hydrogen-bond donors (Lipinski definition) is 0. The lowest BCUT2D eigenvalue weighted by Crippen LogP contribution is -2.39. The number of pyridine rings is 1. The third kappa shape index (κ3) is 3.71. The minimum absolute atomic E-state index is 0.281. The first-order chi connectivity index (χ1) is 17.0. The van der Waals surface area contributed by atoms with E-state index in [9.17, 15) is 8.42 Å². The SMILES string of the molecule is Cc1nn(-c2ccccc2)c2c1[C@H](c1cccnc1)N1C=C(S(=O)(=O)N3CCCCC3)C=CC1=N2. The van der Waals surface area contributed by atoms with E-state index < -0.39 is 10.0 Å². The van der Waals surface area contributed by atoms with Crippen LogP contribution < -0.4 is 0 Å². The zero-order chi connectivity index (χ0) is 24.0. The first kappa shape index (κ1) is 21.9. The number of fused-ring (bicyclic) bond motifs is 2. The Morgan fingerprint density at radius 2 is 1.77 bits per heavy atom. The summed E-state index contributed by atoms with van der Waals surface area (Å²) >= 11 is 0. The van der Waals surface area contributed by atoms with Gasteiger partial charge in [-0.25, -0.2) is 18.1 Å². The average Bonchev–Trinajstić information content (AvgIpc) is 3.24. The van der Waals surface area contributed by atoms with Gasteiger partial charge in [-0.05, 0) is 55.7 Å². The summed E-state index contributed by atoms with van der Waals surface area (Å²) in [6.07, 6.45) is 11.6. The molecule has 3 aliphatic heterocycles. The molecule has 0 saturated carbocycles. The van der Waals surface area contributed by atoms with Gasteiger partial charge in [0.25, 0.3) is 0 Å². The molecule has 2 aromatic heterocycles. The molecule has 178 valence electrons. The number of amidine groups is 1. The summed E-state index contributed by atoms with van der Waals surface area (Å²) in [6.45, 7) is 3.10. The molecule has 6 rings (SSSR count). The van der Waals surface area contributed by atoms with E-state index in [0.29, 0.717) is 18.9 Å². The number of nitrogens with zero attached hydrogens (tertiary/aromatic N) is 6. The minimum Gasteiger partial charge on any atom is -0.320 e. The van der Waals surface area contributed by atoms with E-state index in [4.69, 9.17) is 10.1 Å². The van der Waals surface area contributed by atoms with Gasteiger partial charge >= 0.3 is 0 Å². The van der Waals surface area contributed by atoms with Crippen molar-refractivity contribution in [3.8, 4) is 5.69 Å². The lowest BCUT2D eigenvalue weighted by atomic mass is 9.96. The van der Waals surface area contributed by atoms with Crippen LogP contribution in [0.25, 0.3) is 5.69 Å². The van der Waals surface area contributed by atoms with E-state index in [2.05, 4.69) is 4.98 Å². The van der Waals surface area contributed by atoms with Crippen LogP contribution in [0.5, 0.6) is 0 Å². The predicted octanol–water partition coefficient (Wildman–Crippen LogP) is 4.24. The lowest BCUT2D eigenvalue weighted by Gasteiger charge is -2.37. The first-order valence-corrected chi connectivity index (χ1v) is 13.3. The van der Waals surface area contributed by atoms with E-state index in [0.717, 1.165) is 47.6 Å². The van der Waals surface area contributed by atoms with Gasteiger partial charge in [-0.1, -0.05) is 30.7 Å². The van der Waals surface area contributed by atoms with Crippen LogP contribution in [0.3, 0.4) is 0 Å². The maximum absolute atomic E-state index is 13.5. The third-order valence-corrected chi connectivity index (χ3v) is 8.62. The van der Waals surface area contributed by atoms with Crippen molar-refractivity contribution in [3.63, 3.8) is 0 Å². The summed E-state index contributed by atoms with van der Waals surface area (Å²) in [5, 5.41) is 4.83. The molecular weight excluding hydrogens is 460 g/mol. The van der Waals surface area contributed by atoms with Crippen molar-refractivity contribution < 1.29 is 8.42 Å². The summed E-state index contributed by atoms with van der Waals surface area (Å²) < 4.78 is 30.4. The quantitative estimate of drug-likeness (QED) is 0.551. The van der Waals surface area contributed by atoms with Crippen molar-refractivity contribution in [1.29, 1.82) is 0 Å². The Kier molecular flexibility index (Phi) is 5.38. The fourth-order valence-electron chi connectivity index (χ4n) is 5.01. The summed E-state index contributed by atoms with van der Waals surface area (Å²) in [7, 11) is -3.59. The molecule has 5 heterocycles. The topological polar surface area (TPSA) is 83.7 Å². The first-order valence-electron chi connectivity index (χ1n) is 11.9. The van der Waals surface area contributed by atoms with Gasteiger partial charge in [0.05, 0.1) is 22.3 Å². The van der Waals surface area contributed by atoms with Crippen LogP contribution in [0.15, 0.2) is 83.1 Å². The highest BCUT2D eigenvalue weighted by Gasteiger charge is 2.38. The predicted molar refractivity (Wildman–Crippen MR) is 135 cm³/mol. The molecule has 3 aliphatic rings. The molecule has 3 aromatic rings. The molecule has 0 bridgehead atoms. The molecular formula is C26H26N6O2S. The molecule has 1 atom stereocenters. The van der Waals surface area contributed by atoms with E-state index in [1.807, 2.05) is 65.2 Å². The Morgan fingerprint density at radius 3 is 2.51 bits per heavy atom.